The van der Waals surface area contributed by atoms with E-state index in [-0.39, 0.29) is 11.8 Å². The molecule has 0 saturated carbocycles. The fourth-order valence-corrected chi connectivity index (χ4v) is 2.30. The van der Waals surface area contributed by atoms with Gasteiger partial charge < -0.3 is 9.64 Å². The summed E-state index contributed by atoms with van der Waals surface area (Å²) in [7, 11) is 1.56. The topological polar surface area (TPSA) is 29.5 Å². The Morgan fingerprint density at radius 1 is 1.59 bits per heavy atom. The molecule has 4 heteroatoms. The van der Waals surface area contributed by atoms with Gasteiger partial charge >= 0.3 is 0 Å². The van der Waals surface area contributed by atoms with Crippen molar-refractivity contribution in [1.29, 1.82) is 0 Å². The van der Waals surface area contributed by atoms with Gasteiger partial charge in [-0.2, -0.15) is 0 Å². The van der Waals surface area contributed by atoms with Crippen LogP contribution in [0.25, 0.3) is 0 Å². The molecule has 1 amide bonds. The molecule has 1 fully saturated rings. The zero-order chi connectivity index (χ0) is 12.4. The summed E-state index contributed by atoms with van der Waals surface area (Å²) in [5.74, 6) is 0.855. The maximum Gasteiger partial charge on any atom is 0.227 e. The van der Waals surface area contributed by atoms with E-state index >= 15 is 0 Å². The molecule has 0 radical (unpaired) electrons. The molecule has 3 nitrogen and oxygen atoms in total. The summed E-state index contributed by atoms with van der Waals surface area (Å²) >= 11 is 6.20. The van der Waals surface area contributed by atoms with Gasteiger partial charge in [0.1, 0.15) is 10.8 Å². The van der Waals surface area contributed by atoms with Crippen LogP contribution in [0.5, 0.6) is 5.75 Å². The quantitative estimate of drug-likeness (QED) is 0.773. The van der Waals surface area contributed by atoms with Crippen molar-refractivity contribution in [2.45, 2.75) is 6.42 Å². The summed E-state index contributed by atoms with van der Waals surface area (Å²) in [5, 5.41) is 0.480. The van der Waals surface area contributed by atoms with Gasteiger partial charge in [0.15, 0.2) is 0 Å². The molecule has 0 N–H and O–H groups in total. The van der Waals surface area contributed by atoms with E-state index in [2.05, 4.69) is 6.58 Å². The molecular weight excluding hydrogens is 238 g/mol. The molecule has 17 heavy (non-hydrogen) atoms. The van der Waals surface area contributed by atoms with E-state index in [1.807, 2.05) is 18.2 Å². The first-order valence-electron chi connectivity index (χ1n) is 5.42. The second-order valence-electron chi connectivity index (χ2n) is 4.00. The first-order valence-corrected chi connectivity index (χ1v) is 5.80. The van der Waals surface area contributed by atoms with E-state index in [0.29, 0.717) is 29.4 Å². The monoisotopic (exact) mass is 251 g/mol. The van der Waals surface area contributed by atoms with Crippen molar-refractivity contribution < 1.29 is 9.53 Å². The molecule has 0 spiro atoms. The van der Waals surface area contributed by atoms with Gasteiger partial charge in [-0.1, -0.05) is 23.7 Å². The minimum Gasteiger partial charge on any atom is -0.495 e. The Morgan fingerprint density at radius 2 is 2.35 bits per heavy atom. The third-order valence-electron chi connectivity index (χ3n) is 2.94. The first kappa shape index (κ1) is 12.0. The van der Waals surface area contributed by atoms with Gasteiger partial charge in [-0.25, -0.2) is 0 Å². The Balaban J connectivity index is 2.35. The van der Waals surface area contributed by atoms with Gasteiger partial charge in [-0.15, -0.1) is 6.58 Å². The average Bonchev–Trinajstić information content (AvgIpc) is 2.71. The second-order valence-corrected chi connectivity index (χ2v) is 4.38. The van der Waals surface area contributed by atoms with E-state index in [9.17, 15) is 4.79 Å². The zero-order valence-electron chi connectivity index (χ0n) is 9.65. The number of hydrogen-bond acceptors (Lipinski definition) is 2. The standard InChI is InChI=1S/C13H14ClNO2/c1-3-9-7-12(16)15(8-9)10-5-4-6-11(17-2)13(10)14/h3-6,9H,1,7-8H2,2H3. The number of halogens is 1. The molecule has 0 aliphatic carbocycles. The summed E-state index contributed by atoms with van der Waals surface area (Å²) in [6.45, 7) is 4.36. The molecule has 1 aromatic rings. The Hall–Kier alpha value is -1.48. The largest absolute Gasteiger partial charge is 0.495 e. The van der Waals surface area contributed by atoms with Crippen LogP contribution < -0.4 is 9.64 Å². The molecule has 1 unspecified atom stereocenters. The minimum absolute atomic E-state index is 0.0741. The van der Waals surface area contributed by atoms with Crippen molar-refractivity contribution in [3.05, 3.63) is 35.9 Å². The van der Waals surface area contributed by atoms with Crippen LogP contribution in [-0.2, 0) is 4.79 Å². The first-order chi connectivity index (χ1) is 8.17. The number of carbonyl (C=O) groups excluding carboxylic acids is 1. The fourth-order valence-electron chi connectivity index (χ4n) is 1.99. The van der Waals surface area contributed by atoms with Crippen LogP contribution in [0.2, 0.25) is 5.02 Å². The normalized spacial score (nSPS) is 19.5. The van der Waals surface area contributed by atoms with Crippen molar-refractivity contribution in [1.82, 2.24) is 0 Å². The summed E-state index contributed by atoms with van der Waals surface area (Å²) in [6.07, 6.45) is 2.31. The smallest absolute Gasteiger partial charge is 0.227 e. The van der Waals surface area contributed by atoms with Crippen LogP contribution in [0.4, 0.5) is 5.69 Å². The van der Waals surface area contributed by atoms with E-state index in [4.69, 9.17) is 16.3 Å². The highest BCUT2D eigenvalue weighted by atomic mass is 35.5. The number of benzene rings is 1. The number of amides is 1. The van der Waals surface area contributed by atoms with Crippen molar-refractivity contribution >= 4 is 23.2 Å². The van der Waals surface area contributed by atoms with Gasteiger partial charge in [0, 0.05) is 18.9 Å². The van der Waals surface area contributed by atoms with E-state index < -0.39 is 0 Å². The summed E-state index contributed by atoms with van der Waals surface area (Å²) in [6, 6.07) is 5.43. The molecular formula is C13H14ClNO2. The van der Waals surface area contributed by atoms with Crippen LogP contribution in [0.3, 0.4) is 0 Å². The predicted octanol–water partition coefficient (Wildman–Crippen LogP) is 2.89. The Bertz CT molecular complexity index is 459. The van der Waals surface area contributed by atoms with Gasteiger partial charge in [-0.3, -0.25) is 4.79 Å². The highest BCUT2D eigenvalue weighted by molar-refractivity contribution is 6.35. The summed E-state index contributed by atoms with van der Waals surface area (Å²) in [5.41, 5.74) is 0.709. The maximum absolute atomic E-state index is 11.9. The molecule has 1 saturated heterocycles. The highest BCUT2D eigenvalue weighted by Gasteiger charge is 2.30. The van der Waals surface area contributed by atoms with Crippen molar-refractivity contribution in [3.63, 3.8) is 0 Å². The molecule has 1 heterocycles. The lowest BCUT2D eigenvalue weighted by Gasteiger charge is -2.18. The molecule has 2 rings (SSSR count). The third-order valence-corrected chi connectivity index (χ3v) is 3.32. The van der Waals surface area contributed by atoms with Crippen LogP contribution in [0.1, 0.15) is 6.42 Å². The molecule has 1 atom stereocenters. The lowest BCUT2D eigenvalue weighted by molar-refractivity contribution is -0.117. The van der Waals surface area contributed by atoms with Crippen LogP contribution in [0.15, 0.2) is 30.9 Å². The number of nitrogens with zero attached hydrogens (tertiary/aromatic N) is 1. The number of anilines is 1. The predicted molar refractivity (Wildman–Crippen MR) is 68.7 cm³/mol. The minimum atomic E-state index is 0.0741. The Morgan fingerprint density at radius 3 is 2.94 bits per heavy atom. The van der Waals surface area contributed by atoms with Crippen molar-refractivity contribution in [2.24, 2.45) is 5.92 Å². The SMILES string of the molecule is C=CC1CC(=O)N(c2cccc(OC)c2Cl)C1. The second kappa shape index (κ2) is 4.80. The third kappa shape index (κ3) is 2.15. The molecule has 0 bridgehead atoms. The lowest BCUT2D eigenvalue weighted by Crippen LogP contribution is -2.24. The van der Waals surface area contributed by atoms with Crippen LogP contribution in [-0.4, -0.2) is 19.6 Å². The number of methoxy groups -OCH3 is 1. The van der Waals surface area contributed by atoms with E-state index in [0.717, 1.165) is 0 Å². The number of ether oxygens (including phenoxy) is 1. The van der Waals surface area contributed by atoms with Crippen LogP contribution >= 0.6 is 11.6 Å². The number of carbonyl (C=O) groups is 1. The van der Waals surface area contributed by atoms with Crippen LogP contribution in [0, 0.1) is 5.92 Å². The van der Waals surface area contributed by atoms with E-state index in [1.165, 1.54) is 0 Å². The lowest BCUT2D eigenvalue weighted by atomic mass is 10.1. The highest BCUT2D eigenvalue weighted by Crippen LogP contribution is 2.37. The Labute approximate surface area is 106 Å². The maximum atomic E-state index is 11.9. The Kier molecular flexibility index (Phi) is 3.38. The zero-order valence-corrected chi connectivity index (χ0v) is 10.4. The van der Waals surface area contributed by atoms with Gasteiger partial charge in [0.05, 0.1) is 12.8 Å². The van der Waals surface area contributed by atoms with E-state index in [1.54, 1.807) is 18.1 Å². The van der Waals surface area contributed by atoms with Crippen molar-refractivity contribution in [2.75, 3.05) is 18.6 Å². The van der Waals surface area contributed by atoms with Gasteiger partial charge in [0.2, 0.25) is 5.91 Å². The summed E-state index contributed by atoms with van der Waals surface area (Å²) in [4.78, 5) is 13.6. The average molecular weight is 252 g/mol. The van der Waals surface area contributed by atoms with Gasteiger partial charge in [0.25, 0.3) is 0 Å². The fraction of sp³-hybridized carbons (Fsp3) is 0.308. The molecule has 1 aliphatic rings. The number of rotatable bonds is 3. The molecule has 1 aromatic carbocycles. The summed E-state index contributed by atoms with van der Waals surface area (Å²) < 4.78 is 5.14. The molecule has 0 aromatic heterocycles. The molecule has 1 aliphatic heterocycles. The number of hydrogen-bond donors (Lipinski definition) is 0. The van der Waals surface area contributed by atoms with Gasteiger partial charge in [-0.05, 0) is 12.1 Å². The molecule has 90 valence electrons. The van der Waals surface area contributed by atoms with Crippen molar-refractivity contribution in [3.8, 4) is 5.75 Å².